The highest BCUT2D eigenvalue weighted by atomic mass is 16.5. The molecule has 5 nitrogen and oxygen atoms in total. The first kappa shape index (κ1) is 20.7. The molecule has 1 amide bonds. The fraction of sp³-hybridized carbons (Fsp3) is 0.708. The van der Waals surface area contributed by atoms with Gasteiger partial charge in [-0.05, 0) is 94.9 Å². The van der Waals surface area contributed by atoms with Gasteiger partial charge in [0.1, 0.15) is 5.75 Å². The predicted octanol–water partition coefficient (Wildman–Crippen LogP) is 2.96. The molecule has 1 aromatic rings. The molecule has 4 rings (SSSR count). The third kappa shape index (κ3) is 5.32. The van der Waals surface area contributed by atoms with Gasteiger partial charge in [-0.3, -0.25) is 9.69 Å². The summed E-state index contributed by atoms with van der Waals surface area (Å²) in [5.74, 6) is 1.31. The van der Waals surface area contributed by atoms with E-state index in [0.717, 1.165) is 70.6 Å². The lowest BCUT2D eigenvalue weighted by Crippen LogP contribution is -2.45. The highest BCUT2D eigenvalue weighted by molar-refractivity contribution is 5.82. The number of nitrogens with zero attached hydrogens (tertiary/aromatic N) is 3. The van der Waals surface area contributed by atoms with Crippen LogP contribution in [0, 0.1) is 0 Å². The number of hydrogen-bond acceptors (Lipinski definition) is 4. The molecule has 160 valence electrons. The summed E-state index contributed by atoms with van der Waals surface area (Å²) in [6.45, 7) is 7.16. The second-order valence-electron chi connectivity index (χ2n) is 9.00. The minimum Gasteiger partial charge on any atom is -0.494 e. The van der Waals surface area contributed by atoms with Gasteiger partial charge in [-0.25, -0.2) is 0 Å². The molecule has 0 saturated carbocycles. The molecule has 3 heterocycles. The molecule has 3 aliphatic rings. The van der Waals surface area contributed by atoms with Crippen LogP contribution in [-0.2, 0) is 17.6 Å². The van der Waals surface area contributed by atoms with Crippen LogP contribution in [0.2, 0.25) is 0 Å². The zero-order valence-corrected chi connectivity index (χ0v) is 18.1. The Morgan fingerprint density at radius 2 is 1.79 bits per heavy atom. The SMILES string of the molecule is CN1CCC[C@H]1C(=O)N1CCc2ccc(OCCCN3CCCCC3)cc2CC1. The summed E-state index contributed by atoms with van der Waals surface area (Å²) in [6.07, 6.45) is 9.21. The summed E-state index contributed by atoms with van der Waals surface area (Å²) >= 11 is 0. The first-order valence-corrected chi connectivity index (χ1v) is 11.7. The van der Waals surface area contributed by atoms with Gasteiger partial charge in [-0.1, -0.05) is 12.5 Å². The third-order valence-corrected chi connectivity index (χ3v) is 6.93. The number of ether oxygens (including phenoxy) is 1. The van der Waals surface area contributed by atoms with Crippen LogP contribution in [0.25, 0.3) is 0 Å². The molecule has 0 bridgehead atoms. The van der Waals surface area contributed by atoms with Crippen molar-refractivity contribution in [2.75, 3.05) is 52.9 Å². The Hall–Kier alpha value is -1.59. The van der Waals surface area contributed by atoms with Gasteiger partial charge in [0.25, 0.3) is 0 Å². The van der Waals surface area contributed by atoms with Crippen molar-refractivity contribution in [2.24, 2.45) is 0 Å². The maximum atomic E-state index is 12.9. The summed E-state index contributed by atoms with van der Waals surface area (Å²) in [5.41, 5.74) is 2.73. The second-order valence-corrected chi connectivity index (χ2v) is 9.00. The molecular formula is C24H37N3O2. The highest BCUT2D eigenvalue weighted by Crippen LogP contribution is 2.24. The number of carbonyl (C=O) groups is 1. The van der Waals surface area contributed by atoms with Crippen molar-refractivity contribution in [1.82, 2.24) is 14.7 Å². The summed E-state index contributed by atoms with van der Waals surface area (Å²) < 4.78 is 6.06. The van der Waals surface area contributed by atoms with Gasteiger partial charge in [0, 0.05) is 19.6 Å². The van der Waals surface area contributed by atoms with Gasteiger partial charge in [0.05, 0.1) is 12.6 Å². The predicted molar refractivity (Wildman–Crippen MR) is 116 cm³/mol. The largest absolute Gasteiger partial charge is 0.494 e. The average molecular weight is 400 g/mol. The van der Waals surface area contributed by atoms with Crippen molar-refractivity contribution in [3.8, 4) is 5.75 Å². The van der Waals surface area contributed by atoms with Crippen molar-refractivity contribution < 1.29 is 9.53 Å². The monoisotopic (exact) mass is 399 g/mol. The number of hydrogen-bond donors (Lipinski definition) is 0. The summed E-state index contributed by atoms with van der Waals surface area (Å²) in [5, 5.41) is 0. The minimum atomic E-state index is 0.0926. The Labute approximate surface area is 176 Å². The number of carbonyl (C=O) groups excluding carboxylic acids is 1. The molecule has 0 N–H and O–H groups in total. The molecule has 0 aliphatic carbocycles. The van der Waals surface area contributed by atoms with E-state index in [0.29, 0.717) is 5.91 Å². The van der Waals surface area contributed by atoms with Crippen LogP contribution in [0.4, 0.5) is 0 Å². The summed E-state index contributed by atoms with van der Waals surface area (Å²) in [6, 6.07) is 6.63. The molecule has 2 saturated heterocycles. The average Bonchev–Trinajstić information content (AvgIpc) is 3.06. The minimum absolute atomic E-state index is 0.0926. The normalized spacial score (nSPS) is 23.6. The lowest BCUT2D eigenvalue weighted by molar-refractivity contribution is -0.135. The Balaban J connectivity index is 1.26. The van der Waals surface area contributed by atoms with E-state index < -0.39 is 0 Å². The number of rotatable bonds is 6. The quantitative estimate of drug-likeness (QED) is 0.689. The Morgan fingerprint density at radius 1 is 1.00 bits per heavy atom. The highest BCUT2D eigenvalue weighted by Gasteiger charge is 2.31. The molecule has 0 aromatic heterocycles. The van der Waals surface area contributed by atoms with E-state index in [1.54, 1.807) is 0 Å². The molecule has 5 heteroatoms. The number of benzene rings is 1. The lowest BCUT2D eigenvalue weighted by Gasteiger charge is -2.27. The van der Waals surface area contributed by atoms with Gasteiger partial charge in [-0.2, -0.15) is 0 Å². The van der Waals surface area contributed by atoms with Crippen molar-refractivity contribution >= 4 is 5.91 Å². The van der Waals surface area contributed by atoms with E-state index in [1.165, 1.54) is 43.5 Å². The third-order valence-electron chi connectivity index (χ3n) is 6.93. The van der Waals surface area contributed by atoms with Crippen LogP contribution < -0.4 is 4.74 Å². The first-order valence-electron chi connectivity index (χ1n) is 11.7. The van der Waals surface area contributed by atoms with Crippen LogP contribution in [-0.4, -0.2) is 79.6 Å². The van der Waals surface area contributed by atoms with E-state index in [4.69, 9.17) is 4.74 Å². The smallest absolute Gasteiger partial charge is 0.239 e. The fourth-order valence-corrected chi connectivity index (χ4v) is 5.11. The van der Waals surface area contributed by atoms with Crippen molar-refractivity contribution in [1.29, 1.82) is 0 Å². The summed E-state index contributed by atoms with van der Waals surface area (Å²) in [7, 11) is 2.08. The molecule has 1 atom stereocenters. The Morgan fingerprint density at radius 3 is 2.55 bits per heavy atom. The first-order chi connectivity index (χ1) is 14.2. The topological polar surface area (TPSA) is 36.0 Å². The van der Waals surface area contributed by atoms with Crippen LogP contribution >= 0.6 is 0 Å². The number of piperidine rings is 1. The second kappa shape index (κ2) is 9.94. The molecule has 1 aromatic carbocycles. The van der Waals surface area contributed by atoms with Gasteiger partial charge < -0.3 is 14.5 Å². The van der Waals surface area contributed by atoms with Crippen LogP contribution in [0.3, 0.4) is 0 Å². The molecule has 0 radical (unpaired) electrons. The molecular weight excluding hydrogens is 362 g/mol. The van der Waals surface area contributed by atoms with Crippen LogP contribution in [0.1, 0.15) is 49.7 Å². The van der Waals surface area contributed by atoms with Crippen LogP contribution in [0.5, 0.6) is 5.75 Å². The number of likely N-dealkylation sites (tertiary alicyclic amines) is 2. The molecule has 0 unspecified atom stereocenters. The molecule has 2 fully saturated rings. The van der Waals surface area contributed by atoms with Crippen molar-refractivity contribution in [2.45, 2.75) is 57.4 Å². The Bertz CT molecular complexity index is 687. The standard InChI is InChI=1S/C24H37N3O2/c1-25-12-5-7-23(25)24(28)27-16-10-20-8-9-22(19-21(20)11-17-27)29-18-6-15-26-13-3-2-4-14-26/h8-9,19,23H,2-7,10-18H2,1H3/t23-/m0/s1. The van der Waals surface area contributed by atoms with E-state index in [-0.39, 0.29) is 6.04 Å². The van der Waals surface area contributed by atoms with Crippen LogP contribution in [0.15, 0.2) is 18.2 Å². The zero-order chi connectivity index (χ0) is 20.1. The summed E-state index contributed by atoms with van der Waals surface area (Å²) in [4.78, 5) is 19.8. The van der Waals surface area contributed by atoms with Gasteiger partial charge in [0.15, 0.2) is 0 Å². The molecule has 29 heavy (non-hydrogen) atoms. The molecule has 0 spiro atoms. The van der Waals surface area contributed by atoms with Gasteiger partial charge in [0.2, 0.25) is 5.91 Å². The Kier molecular flexibility index (Phi) is 7.09. The van der Waals surface area contributed by atoms with Gasteiger partial charge in [-0.15, -0.1) is 0 Å². The fourth-order valence-electron chi connectivity index (χ4n) is 5.11. The number of fused-ring (bicyclic) bond motifs is 1. The van der Waals surface area contributed by atoms with E-state index in [1.807, 2.05) is 0 Å². The molecule has 3 aliphatic heterocycles. The van der Waals surface area contributed by atoms with Crippen molar-refractivity contribution in [3.63, 3.8) is 0 Å². The lowest BCUT2D eigenvalue weighted by atomic mass is 10.0. The maximum Gasteiger partial charge on any atom is 0.239 e. The number of likely N-dealkylation sites (N-methyl/N-ethyl adjacent to an activating group) is 1. The van der Waals surface area contributed by atoms with E-state index >= 15 is 0 Å². The number of amides is 1. The van der Waals surface area contributed by atoms with Gasteiger partial charge >= 0.3 is 0 Å². The maximum absolute atomic E-state index is 12.9. The van der Waals surface area contributed by atoms with Crippen molar-refractivity contribution in [3.05, 3.63) is 29.3 Å². The van der Waals surface area contributed by atoms with E-state index in [9.17, 15) is 4.79 Å². The van der Waals surface area contributed by atoms with E-state index in [2.05, 4.69) is 39.9 Å². The zero-order valence-electron chi connectivity index (χ0n) is 18.1.